The Morgan fingerprint density at radius 1 is 1.10 bits per heavy atom. The van der Waals surface area contributed by atoms with Crippen molar-refractivity contribution >= 4 is 23.8 Å². The summed E-state index contributed by atoms with van der Waals surface area (Å²) in [6.45, 7) is 0. The molecule has 1 aromatic rings. The molecule has 1 aliphatic rings. The summed E-state index contributed by atoms with van der Waals surface area (Å²) < 4.78 is 37.9. The lowest BCUT2D eigenvalue weighted by Gasteiger charge is -2.16. The quantitative estimate of drug-likeness (QED) is 0.688. The van der Waals surface area contributed by atoms with Crippen LogP contribution in [0, 0.1) is 0 Å². The average Bonchev–Trinajstić information content (AvgIpc) is 2.69. The van der Waals surface area contributed by atoms with Gasteiger partial charge in [-0.1, -0.05) is 12.1 Å². The van der Waals surface area contributed by atoms with Crippen molar-refractivity contribution in [2.45, 2.75) is 30.0 Å². The van der Waals surface area contributed by atoms with E-state index in [9.17, 15) is 22.8 Å². The Morgan fingerprint density at radius 2 is 1.60 bits per heavy atom. The van der Waals surface area contributed by atoms with Crippen molar-refractivity contribution in [1.82, 2.24) is 4.31 Å². The number of carbonyl (C=O) groups is 2. The van der Waals surface area contributed by atoms with E-state index >= 15 is 0 Å². The van der Waals surface area contributed by atoms with Gasteiger partial charge in [-0.05, 0) is 29.6 Å². The predicted molar refractivity (Wildman–Crippen MR) is 64.4 cm³/mol. The Bertz CT molecular complexity index is 514. The van der Waals surface area contributed by atoms with Gasteiger partial charge in [0.1, 0.15) is 0 Å². The van der Waals surface area contributed by atoms with E-state index in [4.69, 9.17) is 5.11 Å². The van der Waals surface area contributed by atoms with Crippen LogP contribution < -0.4 is 0 Å². The van der Waals surface area contributed by atoms with E-state index in [1.54, 1.807) is 0 Å². The summed E-state index contributed by atoms with van der Waals surface area (Å²) in [7, 11) is 0. The van der Waals surface area contributed by atoms with E-state index in [0.29, 0.717) is 4.90 Å². The van der Waals surface area contributed by atoms with E-state index in [0.717, 1.165) is 28.4 Å². The monoisotopic (exact) mass is 305 g/mol. The SMILES string of the molecule is O=C1CCC(=O)N1Sc1ccc(C(O)C(F)(F)F)cc1. The molecule has 2 amide bonds. The summed E-state index contributed by atoms with van der Waals surface area (Å²) in [6, 6.07) is 4.89. The third-order valence-electron chi connectivity index (χ3n) is 2.71. The van der Waals surface area contributed by atoms with Crippen LogP contribution in [0.5, 0.6) is 0 Å². The normalized spacial score (nSPS) is 17.7. The van der Waals surface area contributed by atoms with Crippen molar-refractivity contribution in [3.63, 3.8) is 0 Å². The van der Waals surface area contributed by atoms with Gasteiger partial charge in [0.2, 0.25) is 11.8 Å². The molecule has 1 aromatic carbocycles. The van der Waals surface area contributed by atoms with Gasteiger partial charge >= 0.3 is 6.18 Å². The molecule has 108 valence electrons. The molecular formula is C12H10F3NO3S. The second-order valence-corrected chi connectivity index (χ2v) is 5.21. The number of alkyl halides is 3. The molecule has 0 saturated carbocycles. The molecule has 20 heavy (non-hydrogen) atoms. The fourth-order valence-electron chi connectivity index (χ4n) is 1.66. The van der Waals surface area contributed by atoms with Crippen LogP contribution in [-0.2, 0) is 9.59 Å². The second-order valence-electron chi connectivity index (χ2n) is 4.19. The van der Waals surface area contributed by atoms with E-state index in [1.807, 2.05) is 0 Å². The standard InChI is InChI=1S/C12H10F3NO3S/c13-12(14,15)11(19)7-1-3-8(4-2-7)20-16-9(17)5-6-10(16)18/h1-4,11,19H,5-6H2. The zero-order chi connectivity index (χ0) is 14.9. The minimum absolute atomic E-state index is 0.150. The molecule has 1 aliphatic heterocycles. The van der Waals surface area contributed by atoms with Gasteiger partial charge in [-0.2, -0.15) is 13.2 Å². The van der Waals surface area contributed by atoms with Crippen molar-refractivity contribution in [2.75, 3.05) is 0 Å². The van der Waals surface area contributed by atoms with Crippen molar-refractivity contribution < 1.29 is 27.9 Å². The average molecular weight is 305 g/mol. The third kappa shape index (κ3) is 3.13. The van der Waals surface area contributed by atoms with Gasteiger partial charge in [-0.25, -0.2) is 4.31 Å². The maximum absolute atomic E-state index is 12.3. The molecule has 0 aliphatic carbocycles. The van der Waals surface area contributed by atoms with Crippen molar-refractivity contribution in [3.05, 3.63) is 29.8 Å². The highest BCUT2D eigenvalue weighted by atomic mass is 32.2. The highest BCUT2D eigenvalue weighted by Gasteiger charge is 2.39. The smallest absolute Gasteiger partial charge is 0.379 e. The largest absolute Gasteiger partial charge is 0.418 e. The van der Waals surface area contributed by atoms with Gasteiger partial charge in [-0.15, -0.1) is 0 Å². The Labute approximate surface area is 116 Å². The maximum Gasteiger partial charge on any atom is 0.418 e. The highest BCUT2D eigenvalue weighted by Crippen LogP contribution is 2.34. The molecule has 0 spiro atoms. The lowest BCUT2D eigenvalue weighted by molar-refractivity contribution is -0.206. The van der Waals surface area contributed by atoms with Gasteiger partial charge < -0.3 is 5.11 Å². The number of imide groups is 1. The number of rotatable bonds is 3. The number of halogens is 3. The molecule has 0 aromatic heterocycles. The number of aliphatic hydroxyl groups is 1. The molecule has 0 bridgehead atoms. The Balaban J connectivity index is 2.09. The first-order valence-corrected chi connectivity index (χ1v) is 6.45. The Hall–Kier alpha value is -1.54. The summed E-state index contributed by atoms with van der Waals surface area (Å²) in [4.78, 5) is 23.2. The summed E-state index contributed by atoms with van der Waals surface area (Å²) in [5.41, 5.74) is -0.291. The van der Waals surface area contributed by atoms with Gasteiger partial charge in [-0.3, -0.25) is 9.59 Å². The van der Waals surface area contributed by atoms with Crippen LogP contribution in [-0.4, -0.2) is 27.4 Å². The zero-order valence-corrected chi connectivity index (χ0v) is 10.9. The van der Waals surface area contributed by atoms with E-state index in [2.05, 4.69) is 0 Å². The molecule has 1 N–H and O–H groups in total. The molecule has 0 radical (unpaired) electrons. The van der Waals surface area contributed by atoms with Crippen LogP contribution >= 0.6 is 11.9 Å². The minimum atomic E-state index is -4.73. The fraction of sp³-hybridized carbons (Fsp3) is 0.333. The first kappa shape index (κ1) is 14.9. The molecule has 4 nitrogen and oxygen atoms in total. The molecule has 1 saturated heterocycles. The molecule has 1 heterocycles. The van der Waals surface area contributed by atoms with Crippen LogP contribution in [0.1, 0.15) is 24.5 Å². The van der Waals surface area contributed by atoms with Gasteiger partial charge in [0.25, 0.3) is 0 Å². The van der Waals surface area contributed by atoms with E-state index in [1.165, 1.54) is 12.1 Å². The first-order chi connectivity index (χ1) is 9.29. The van der Waals surface area contributed by atoms with Crippen LogP contribution in [0.25, 0.3) is 0 Å². The van der Waals surface area contributed by atoms with Gasteiger partial charge in [0.15, 0.2) is 6.10 Å². The topological polar surface area (TPSA) is 57.6 Å². The van der Waals surface area contributed by atoms with Crippen molar-refractivity contribution in [2.24, 2.45) is 0 Å². The Kier molecular flexibility index (Phi) is 4.05. The summed E-state index contributed by atoms with van der Waals surface area (Å²) in [5.74, 6) is -0.640. The third-order valence-corrected chi connectivity index (χ3v) is 3.78. The lowest BCUT2D eigenvalue weighted by atomic mass is 10.1. The van der Waals surface area contributed by atoms with Crippen LogP contribution in [0.2, 0.25) is 0 Å². The Morgan fingerprint density at radius 3 is 2.05 bits per heavy atom. The molecule has 2 rings (SSSR count). The van der Waals surface area contributed by atoms with Crippen molar-refractivity contribution in [3.8, 4) is 0 Å². The number of aliphatic hydroxyl groups excluding tert-OH is 1. The number of hydrogen-bond donors (Lipinski definition) is 1. The summed E-state index contributed by atoms with van der Waals surface area (Å²) in [5, 5.41) is 9.07. The molecular weight excluding hydrogens is 295 g/mol. The molecule has 8 heteroatoms. The van der Waals surface area contributed by atoms with Crippen LogP contribution in [0.15, 0.2) is 29.2 Å². The predicted octanol–water partition coefficient (Wildman–Crippen LogP) is 2.44. The fourth-order valence-corrected chi connectivity index (χ4v) is 2.52. The van der Waals surface area contributed by atoms with Crippen LogP contribution in [0.4, 0.5) is 13.2 Å². The number of hydrogen-bond acceptors (Lipinski definition) is 4. The van der Waals surface area contributed by atoms with Gasteiger partial charge in [0, 0.05) is 17.7 Å². The minimum Gasteiger partial charge on any atom is -0.379 e. The number of carbonyl (C=O) groups excluding carboxylic acids is 2. The maximum atomic E-state index is 12.3. The highest BCUT2D eigenvalue weighted by molar-refractivity contribution is 7.98. The van der Waals surface area contributed by atoms with Crippen LogP contribution in [0.3, 0.4) is 0 Å². The number of amides is 2. The van der Waals surface area contributed by atoms with Crippen molar-refractivity contribution in [1.29, 1.82) is 0 Å². The van der Waals surface area contributed by atoms with Gasteiger partial charge in [0.05, 0.1) is 0 Å². The molecule has 1 unspecified atom stereocenters. The second kappa shape index (κ2) is 5.45. The zero-order valence-electron chi connectivity index (χ0n) is 10.1. The first-order valence-electron chi connectivity index (χ1n) is 5.67. The summed E-state index contributed by atoms with van der Waals surface area (Å²) >= 11 is 0.867. The summed E-state index contributed by atoms with van der Waals surface area (Å²) in [6.07, 6.45) is -6.97. The number of nitrogens with zero attached hydrogens (tertiary/aromatic N) is 1. The molecule has 1 fully saturated rings. The lowest BCUT2D eigenvalue weighted by Crippen LogP contribution is -2.21. The van der Waals surface area contributed by atoms with E-state index in [-0.39, 0.29) is 30.2 Å². The number of benzene rings is 1. The molecule has 1 atom stereocenters. The van der Waals surface area contributed by atoms with E-state index < -0.39 is 12.3 Å².